The molecule has 2 heterocycles. The molecule has 0 saturated carbocycles. The number of fused-ring (bicyclic) bond motifs is 1. The maximum absolute atomic E-state index is 14.2. The van der Waals surface area contributed by atoms with Crippen molar-refractivity contribution in [1.29, 1.82) is 5.41 Å². The van der Waals surface area contributed by atoms with Crippen molar-refractivity contribution in [3.63, 3.8) is 0 Å². The largest absolute Gasteiger partial charge is 0.393 e. The number of nitrogens with two attached hydrogens (primary N) is 1. The maximum Gasteiger partial charge on any atom is 0.274 e. The Morgan fingerprint density at radius 1 is 1.03 bits per heavy atom. The number of nitrogens with one attached hydrogen (secondary N) is 4. The number of amides is 1. The molecule has 2 aromatic heterocycles. The molecule has 31 heavy (non-hydrogen) atoms. The summed E-state index contributed by atoms with van der Waals surface area (Å²) in [6.45, 7) is 0. The fourth-order valence-electron chi connectivity index (χ4n) is 3.09. The highest BCUT2D eigenvalue weighted by Crippen LogP contribution is 2.22. The van der Waals surface area contributed by atoms with Gasteiger partial charge in [0.1, 0.15) is 17.3 Å². The summed E-state index contributed by atoms with van der Waals surface area (Å²) in [6, 6.07) is 16.6. The number of aromatic amines is 1. The van der Waals surface area contributed by atoms with Crippen LogP contribution in [0.2, 0.25) is 0 Å². The van der Waals surface area contributed by atoms with Gasteiger partial charge in [-0.3, -0.25) is 15.2 Å². The molecule has 6 N–H and O–H groups in total. The average molecular weight is 414 g/mol. The lowest BCUT2D eigenvalue weighted by Crippen LogP contribution is -2.35. The van der Waals surface area contributed by atoms with Crippen LogP contribution in [0.5, 0.6) is 0 Å². The molecular formula is C23H19FN6O. The Bertz CT molecular complexity index is 1300. The monoisotopic (exact) mass is 414 g/mol. The zero-order chi connectivity index (χ0) is 21.8. The number of carbonyl (C=O) groups is 1. The minimum absolute atomic E-state index is 0.101. The SMILES string of the molecule is N=C(NC(=O)/C(N)=C(/Nc1ccccc1F)c1ccncc1)c1ccc2[nH]ccc2c1. The van der Waals surface area contributed by atoms with Gasteiger partial charge in [0.05, 0.1) is 11.4 Å². The third kappa shape index (κ3) is 4.27. The lowest BCUT2D eigenvalue weighted by Gasteiger charge is -2.16. The first-order valence-corrected chi connectivity index (χ1v) is 9.42. The van der Waals surface area contributed by atoms with Gasteiger partial charge in [0.25, 0.3) is 5.91 Å². The molecule has 0 radical (unpaired) electrons. The highest BCUT2D eigenvalue weighted by atomic mass is 19.1. The van der Waals surface area contributed by atoms with E-state index in [0.717, 1.165) is 10.9 Å². The topological polar surface area (TPSA) is 120 Å². The molecule has 0 spiro atoms. The molecule has 2 aromatic carbocycles. The summed E-state index contributed by atoms with van der Waals surface area (Å²) in [4.78, 5) is 19.9. The Morgan fingerprint density at radius 2 is 1.81 bits per heavy atom. The maximum atomic E-state index is 14.2. The van der Waals surface area contributed by atoms with E-state index in [1.54, 1.807) is 42.6 Å². The fraction of sp³-hybridized carbons (Fsp3) is 0. The first kappa shape index (κ1) is 19.8. The Kier molecular flexibility index (Phi) is 5.44. The van der Waals surface area contributed by atoms with Crippen LogP contribution in [0.25, 0.3) is 16.6 Å². The van der Waals surface area contributed by atoms with E-state index < -0.39 is 11.7 Å². The van der Waals surface area contributed by atoms with Crippen molar-refractivity contribution in [2.45, 2.75) is 0 Å². The second kappa shape index (κ2) is 8.50. The predicted octanol–water partition coefficient (Wildman–Crippen LogP) is 3.58. The summed E-state index contributed by atoms with van der Waals surface area (Å²) < 4.78 is 14.2. The Hall–Kier alpha value is -4.46. The molecule has 8 heteroatoms. The van der Waals surface area contributed by atoms with E-state index in [-0.39, 0.29) is 22.9 Å². The molecule has 4 rings (SSSR count). The van der Waals surface area contributed by atoms with Gasteiger partial charge in [-0.25, -0.2) is 4.39 Å². The van der Waals surface area contributed by atoms with Crippen LogP contribution in [-0.4, -0.2) is 21.7 Å². The van der Waals surface area contributed by atoms with Crippen molar-refractivity contribution in [2.75, 3.05) is 5.32 Å². The number of aromatic nitrogens is 2. The molecule has 0 aliphatic heterocycles. The van der Waals surface area contributed by atoms with Crippen molar-refractivity contribution < 1.29 is 9.18 Å². The third-order valence-corrected chi connectivity index (χ3v) is 4.70. The van der Waals surface area contributed by atoms with Crippen LogP contribution in [0.15, 0.2) is 85.0 Å². The highest BCUT2D eigenvalue weighted by molar-refractivity contribution is 6.14. The Labute approximate surface area is 177 Å². The number of H-pyrrole nitrogens is 1. The van der Waals surface area contributed by atoms with Crippen molar-refractivity contribution in [1.82, 2.24) is 15.3 Å². The number of amidine groups is 1. The van der Waals surface area contributed by atoms with Crippen molar-refractivity contribution in [3.05, 3.63) is 102 Å². The molecule has 0 fully saturated rings. The minimum atomic E-state index is -0.685. The molecule has 0 bridgehead atoms. The number of anilines is 1. The predicted molar refractivity (Wildman–Crippen MR) is 119 cm³/mol. The average Bonchev–Trinajstić information content (AvgIpc) is 3.26. The van der Waals surface area contributed by atoms with Gasteiger partial charge in [-0.15, -0.1) is 0 Å². The van der Waals surface area contributed by atoms with Crippen LogP contribution in [0, 0.1) is 11.2 Å². The smallest absolute Gasteiger partial charge is 0.274 e. The molecule has 0 aliphatic carbocycles. The number of hydrogen-bond acceptors (Lipinski definition) is 5. The number of carbonyl (C=O) groups excluding carboxylic acids is 1. The first-order valence-electron chi connectivity index (χ1n) is 9.42. The molecule has 154 valence electrons. The Balaban J connectivity index is 1.64. The Morgan fingerprint density at radius 3 is 2.58 bits per heavy atom. The number of hydrogen-bond donors (Lipinski definition) is 5. The number of nitrogens with zero attached hydrogens (tertiary/aromatic N) is 1. The van der Waals surface area contributed by atoms with Gasteiger partial charge in [-0.1, -0.05) is 12.1 Å². The van der Waals surface area contributed by atoms with Gasteiger partial charge in [0, 0.05) is 40.6 Å². The number of para-hydroxylation sites is 1. The van der Waals surface area contributed by atoms with Crippen LogP contribution < -0.4 is 16.4 Å². The van der Waals surface area contributed by atoms with E-state index >= 15 is 0 Å². The third-order valence-electron chi connectivity index (χ3n) is 4.70. The normalized spacial score (nSPS) is 11.6. The van der Waals surface area contributed by atoms with Gasteiger partial charge in [-0.05, 0) is 48.5 Å². The molecule has 0 aliphatic rings. The summed E-state index contributed by atoms with van der Waals surface area (Å²) >= 11 is 0. The van der Waals surface area contributed by atoms with Crippen molar-refractivity contribution >= 4 is 34.0 Å². The van der Waals surface area contributed by atoms with Crippen LogP contribution in [0.4, 0.5) is 10.1 Å². The van der Waals surface area contributed by atoms with Crippen molar-refractivity contribution in [2.24, 2.45) is 5.73 Å². The van der Waals surface area contributed by atoms with E-state index in [1.807, 2.05) is 12.1 Å². The number of rotatable bonds is 5. The summed E-state index contributed by atoms with van der Waals surface area (Å²) in [6.07, 6.45) is 4.88. The van der Waals surface area contributed by atoms with Crippen LogP contribution >= 0.6 is 0 Å². The standard InChI is InChI=1S/C23H19FN6O/c24-17-3-1-2-4-19(17)29-21(14-7-10-27-11-8-14)20(25)23(31)30-22(26)16-5-6-18-15(13-16)9-12-28-18/h1-13,28-29H,25H2,(H2,26,30,31)/b21-20-. The molecule has 7 nitrogen and oxygen atoms in total. The van der Waals surface area contributed by atoms with E-state index in [2.05, 4.69) is 20.6 Å². The van der Waals surface area contributed by atoms with Crippen LogP contribution in [0.3, 0.4) is 0 Å². The van der Waals surface area contributed by atoms with E-state index in [1.165, 1.54) is 24.5 Å². The molecule has 4 aromatic rings. The minimum Gasteiger partial charge on any atom is -0.393 e. The van der Waals surface area contributed by atoms with E-state index in [0.29, 0.717) is 11.1 Å². The number of halogens is 1. The molecule has 0 saturated heterocycles. The van der Waals surface area contributed by atoms with E-state index in [9.17, 15) is 9.18 Å². The summed E-state index contributed by atoms with van der Waals surface area (Å²) in [5.74, 6) is -1.28. The lowest BCUT2D eigenvalue weighted by molar-refractivity contribution is -0.116. The van der Waals surface area contributed by atoms with Gasteiger partial charge < -0.3 is 21.4 Å². The van der Waals surface area contributed by atoms with Gasteiger partial charge >= 0.3 is 0 Å². The van der Waals surface area contributed by atoms with E-state index in [4.69, 9.17) is 11.1 Å². The summed E-state index contributed by atoms with van der Waals surface area (Å²) in [5.41, 5.74) is 8.33. The van der Waals surface area contributed by atoms with Gasteiger partial charge in [0.15, 0.2) is 0 Å². The second-order valence-corrected chi connectivity index (χ2v) is 6.74. The highest BCUT2D eigenvalue weighted by Gasteiger charge is 2.17. The van der Waals surface area contributed by atoms with Gasteiger partial charge in [-0.2, -0.15) is 0 Å². The molecular weight excluding hydrogens is 395 g/mol. The first-order chi connectivity index (χ1) is 15.0. The zero-order valence-electron chi connectivity index (χ0n) is 16.3. The number of benzene rings is 2. The lowest BCUT2D eigenvalue weighted by atomic mass is 10.1. The fourth-order valence-corrected chi connectivity index (χ4v) is 3.09. The molecule has 0 unspecified atom stereocenters. The summed E-state index contributed by atoms with van der Waals surface area (Å²) in [5, 5.41) is 14.6. The van der Waals surface area contributed by atoms with Gasteiger partial charge in [0.2, 0.25) is 0 Å². The summed E-state index contributed by atoms with van der Waals surface area (Å²) in [7, 11) is 0. The quantitative estimate of drug-likeness (QED) is 0.195. The molecule has 0 atom stereocenters. The van der Waals surface area contributed by atoms with Crippen LogP contribution in [-0.2, 0) is 4.79 Å². The second-order valence-electron chi connectivity index (χ2n) is 6.74. The molecule has 1 amide bonds. The van der Waals surface area contributed by atoms with Crippen molar-refractivity contribution in [3.8, 4) is 0 Å². The number of pyridine rings is 1. The zero-order valence-corrected chi connectivity index (χ0v) is 16.3. The van der Waals surface area contributed by atoms with Crippen LogP contribution in [0.1, 0.15) is 11.1 Å².